The van der Waals surface area contributed by atoms with Crippen molar-refractivity contribution in [2.24, 2.45) is 0 Å². The highest BCUT2D eigenvalue weighted by Gasteiger charge is 2.25. The molecule has 8 heteroatoms. The van der Waals surface area contributed by atoms with Crippen molar-refractivity contribution in [3.8, 4) is 11.1 Å². The molecule has 0 radical (unpaired) electrons. The molecule has 0 saturated carbocycles. The molecular weight excluding hydrogens is 429 g/mol. The highest BCUT2D eigenvalue weighted by atomic mass is 32.2. The van der Waals surface area contributed by atoms with Crippen molar-refractivity contribution < 1.29 is 17.6 Å². The largest absolute Gasteiger partial charge is 0.274 e. The van der Waals surface area contributed by atoms with Crippen LogP contribution >= 0.6 is 0 Å². The Hall–Kier alpha value is -3.78. The highest BCUT2D eigenvalue weighted by Crippen LogP contribution is 2.35. The zero-order valence-electron chi connectivity index (χ0n) is 16.7. The number of hydrogen-bond donors (Lipinski definition) is 0. The first-order valence-electron chi connectivity index (χ1n) is 10.1. The zero-order valence-corrected chi connectivity index (χ0v) is 17.5. The van der Waals surface area contributed by atoms with Crippen molar-refractivity contribution in [3.05, 3.63) is 84.6 Å². The predicted octanol–water partition coefficient (Wildman–Crippen LogP) is 4.62. The summed E-state index contributed by atoms with van der Waals surface area (Å²) in [6.07, 6.45) is 2.58. The minimum Gasteiger partial charge on any atom is -0.274 e. The fourth-order valence-electron chi connectivity index (χ4n) is 4.38. The second kappa shape index (κ2) is 6.61. The minimum atomic E-state index is -3.93. The van der Waals surface area contributed by atoms with Crippen LogP contribution < -0.4 is 0 Å². The quantitative estimate of drug-likeness (QED) is 0.406. The second-order valence-electron chi connectivity index (χ2n) is 7.78. The van der Waals surface area contributed by atoms with Crippen LogP contribution in [0.3, 0.4) is 0 Å². The van der Waals surface area contributed by atoms with Gasteiger partial charge in [-0.05, 0) is 48.0 Å². The molecule has 3 aromatic carbocycles. The van der Waals surface area contributed by atoms with E-state index in [4.69, 9.17) is 0 Å². The summed E-state index contributed by atoms with van der Waals surface area (Å²) in [6.45, 7) is 0. The molecule has 1 aliphatic heterocycles. The SMILES string of the molecule is O=C1CCc2nc3cc(-c4cn(S(=O)(=O)c5ccccc5)c5cc(F)ccc45)ccc3n21. The standard InChI is InChI=1S/C24H16FN3O3S/c25-16-7-8-18-19(14-27(22(18)13-16)32(30,31)17-4-2-1-3-5-17)15-6-9-21-20(12-15)26-23-10-11-24(29)28(21)23/h1-9,12-14H,10-11H2. The number of rotatable bonds is 3. The van der Waals surface area contributed by atoms with Crippen LogP contribution in [0.4, 0.5) is 4.39 Å². The van der Waals surface area contributed by atoms with Crippen molar-refractivity contribution in [1.29, 1.82) is 0 Å². The monoisotopic (exact) mass is 445 g/mol. The maximum absolute atomic E-state index is 14.1. The predicted molar refractivity (Wildman–Crippen MR) is 119 cm³/mol. The Labute approximate surface area is 182 Å². The Morgan fingerprint density at radius 1 is 0.906 bits per heavy atom. The number of nitrogens with zero attached hydrogens (tertiary/aromatic N) is 3. The number of hydrogen-bond acceptors (Lipinski definition) is 4. The smallest absolute Gasteiger partial charge is 0.268 e. The third-order valence-corrected chi connectivity index (χ3v) is 7.57. The number of benzene rings is 3. The fraction of sp³-hybridized carbons (Fsp3) is 0.0833. The molecule has 6 rings (SSSR count). The van der Waals surface area contributed by atoms with Gasteiger partial charge in [-0.25, -0.2) is 21.8 Å². The first kappa shape index (κ1) is 18.9. The Kier molecular flexibility index (Phi) is 3.91. The summed E-state index contributed by atoms with van der Waals surface area (Å²) in [4.78, 5) is 16.9. The van der Waals surface area contributed by atoms with Crippen molar-refractivity contribution in [2.45, 2.75) is 17.7 Å². The molecule has 2 aromatic heterocycles. The number of aryl methyl sites for hydroxylation is 1. The second-order valence-corrected chi connectivity index (χ2v) is 9.59. The van der Waals surface area contributed by atoms with Crippen LogP contribution in [0.15, 0.2) is 77.8 Å². The molecule has 0 N–H and O–H groups in total. The summed E-state index contributed by atoms with van der Waals surface area (Å²) in [5.74, 6) is 0.237. The van der Waals surface area contributed by atoms with E-state index in [1.165, 1.54) is 30.5 Å². The van der Waals surface area contributed by atoms with Crippen LogP contribution in [0.5, 0.6) is 0 Å². The van der Waals surface area contributed by atoms with Gasteiger partial charge in [0.15, 0.2) is 0 Å². The minimum absolute atomic E-state index is 0.0243. The Morgan fingerprint density at radius 2 is 1.72 bits per heavy atom. The van der Waals surface area contributed by atoms with Gasteiger partial charge < -0.3 is 0 Å². The first-order chi connectivity index (χ1) is 15.4. The van der Waals surface area contributed by atoms with Crippen LogP contribution in [0, 0.1) is 5.82 Å². The lowest BCUT2D eigenvalue weighted by Crippen LogP contribution is -2.11. The molecule has 0 saturated heterocycles. The Bertz CT molecular complexity index is 1670. The van der Waals surface area contributed by atoms with E-state index in [1.807, 2.05) is 18.2 Å². The van der Waals surface area contributed by atoms with Gasteiger partial charge in [0.05, 0.1) is 21.4 Å². The van der Waals surface area contributed by atoms with Crippen LogP contribution in [0.25, 0.3) is 33.1 Å². The van der Waals surface area contributed by atoms with Crippen molar-refractivity contribution in [2.75, 3.05) is 0 Å². The van der Waals surface area contributed by atoms with E-state index in [1.54, 1.807) is 28.8 Å². The van der Waals surface area contributed by atoms with E-state index in [9.17, 15) is 17.6 Å². The van der Waals surface area contributed by atoms with E-state index < -0.39 is 15.8 Å². The van der Waals surface area contributed by atoms with Crippen LogP contribution in [-0.4, -0.2) is 27.8 Å². The Balaban J connectivity index is 1.59. The van der Waals surface area contributed by atoms with Gasteiger partial charge in [-0.2, -0.15) is 0 Å². The van der Waals surface area contributed by atoms with Crippen molar-refractivity contribution >= 4 is 37.9 Å². The van der Waals surface area contributed by atoms with Gasteiger partial charge in [-0.3, -0.25) is 9.36 Å². The summed E-state index contributed by atoms with van der Waals surface area (Å²) in [5, 5.41) is 0.605. The molecule has 0 aliphatic carbocycles. The third-order valence-electron chi connectivity index (χ3n) is 5.88. The van der Waals surface area contributed by atoms with E-state index in [-0.39, 0.29) is 16.3 Å². The van der Waals surface area contributed by atoms with Crippen molar-refractivity contribution in [1.82, 2.24) is 13.5 Å². The molecule has 0 fully saturated rings. The van der Waals surface area contributed by atoms with Gasteiger partial charge in [-0.1, -0.05) is 24.3 Å². The maximum Gasteiger partial charge on any atom is 0.268 e. The van der Waals surface area contributed by atoms with E-state index in [0.29, 0.717) is 29.3 Å². The topological polar surface area (TPSA) is 74.0 Å². The average Bonchev–Trinajstić information content (AvgIpc) is 3.46. The number of carbonyl (C=O) groups excluding carboxylic acids is 1. The highest BCUT2D eigenvalue weighted by molar-refractivity contribution is 7.90. The first-order valence-corrected chi connectivity index (χ1v) is 11.5. The lowest BCUT2D eigenvalue weighted by molar-refractivity contribution is 0.0928. The van der Waals surface area contributed by atoms with Gasteiger partial charge in [0.25, 0.3) is 10.0 Å². The molecule has 158 valence electrons. The lowest BCUT2D eigenvalue weighted by atomic mass is 10.0. The third kappa shape index (κ3) is 2.66. The Morgan fingerprint density at radius 3 is 2.53 bits per heavy atom. The van der Waals surface area contributed by atoms with Crippen LogP contribution in [-0.2, 0) is 16.4 Å². The molecule has 0 bridgehead atoms. The van der Waals surface area contributed by atoms with Crippen molar-refractivity contribution in [3.63, 3.8) is 0 Å². The normalized spacial score (nSPS) is 13.8. The number of halogens is 1. The van der Waals surface area contributed by atoms with Gasteiger partial charge in [0, 0.05) is 30.0 Å². The van der Waals surface area contributed by atoms with E-state index >= 15 is 0 Å². The summed E-state index contributed by atoms with van der Waals surface area (Å²) in [7, 11) is -3.93. The number of fused-ring (bicyclic) bond motifs is 4. The molecule has 0 amide bonds. The number of aromatic nitrogens is 3. The number of imidazole rings is 1. The molecule has 1 aliphatic rings. The molecule has 6 nitrogen and oxygen atoms in total. The summed E-state index contributed by atoms with van der Waals surface area (Å²) < 4.78 is 43.5. The van der Waals surface area contributed by atoms with E-state index in [0.717, 1.165) is 20.9 Å². The molecule has 5 aromatic rings. The molecule has 3 heterocycles. The lowest BCUT2D eigenvalue weighted by Gasteiger charge is -2.07. The molecule has 32 heavy (non-hydrogen) atoms. The number of carbonyl (C=O) groups is 1. The summed E-state index contributed by atoms with van der Waals surface area (Å²) in [6, 6.07) is 17.7. The van der Waals surface area contributed by atoms with Crippen LogP contribution in [0.1, 0.15) is 17.0 Å². The average molecular weight is 445 g/mol. The maximum atomic E-state index is 14.1. The molecular formula is C24H16FN3O3S. The summed E-state index contributed by atoms with van der Waals surface area (Å²) in [5.41, 5.74) is 3.03. The van der Waals surface area contributed by atoms with Gasteiger partial charge in [-0.15, -0.1) is 0 Å². The van der Waals surface area contributed by atoms with Gasteiger partial charge >= 0.3 is 0 Å². The molecule has 0 spiro atoms. The van der Waals surface area contributed by atoms with E-state index in [2.05, 4.69) is 4.98 Å². The summed E-state index contributed by atoms with van der Waals surface area (Å²) >= 11 is 0. The fourth-order valence-corrected chi connectivity index (χ4v) is 5.76. The molecule has 0 unspecified atom stereocenters. The molecule has 0 atom stereocenters. The van der Waals surface area contributed by atoms with Gasteiger partial charge in [0.2, 0.25) is 5.91 Å². The van der Waals surface area contributed by atoms with Gasteiger partial charge in [0.1, 0.15) is 11.6 Å². The van der Waals surface area contributed by atoms with Crippen LogP contribution in [0.2, 0.25) is 0 Å². The zero-order chi connectivity index (χ0) is 22.0.